The number of aliphatic hydroxyl groups excluding tert-OH is 1. The van der Waals surface area contributed by atoms with E-state index < -0.39 is 0 Å². The predicted molar refractivity (Wildman–Crippen MR) is 48.4 cm³/mol. The van der Waals surface area contributed by atoms with Gasteiger partial charge in [-0.15, -0.1) is 0 Å². The van der Waals surface area contributed by atoms with Crippen LogP contribution in [0, 0.1) is 0 Å². The zero-order chi connectivity index (χ0) is 8.97. The van der Waals surface area contributed by atoms with Crippen LogP contribution in [0.25, 0.3) is 5.76 Å². The van der Waals surface area contributed by atoms with Gasteiger partial charge in [0.05, 0.1) is 13.7 Å². The topological polar surface area (TPSA) is 29.5 Å². The molecule has 0 bridgehead atoms. The second-order valence-corrected chi connectivity index (χ2v) is 2.48. The van der Waals surface area contributed by atoms with Crippen LogP contribution in [-0.4, -0.2) is 12.2 Å². The summed E-state index contributed by atoms with van der Waals surface area (Å²) < 4.78 is 4.95. The number of benzene rings is 1. The Balaban J connectivity index is 2.84. The quantitative estimate of drug-likeness (QED) is 0.690. The fraction of sp³-hybridized carbons (Fsp3) is 0.200. The van der Waals surface area contributed by atoms with Crippen molar-refractivity contribution in [3.8, 4) is 0 Å². The molecule has 1 aromatic carbocycles. The maximum atomic E-state index is 8.77. The van der Waals surface area contributed by atoms with Crippen molar-refractivity contribution < 1.29 is 9.84 Å². The van der Waals surface area contributed by atoms with Gasteiger partial charge >= 0.3 is 0 Å². The van der Waals surface area contributed by atoms with Gasteiger partial charge in [-0.3, -0.25) is 0 Å². The third-order valence-electron chi connectivity index (χ3n) is 1.70. The number of methoxy groups -OCH3 is 1. The number of hydrogen-bond acceptors (Lipinski definition) is 2. The predicted octanol–water partition coefficient (Wildman–Crippen LogP) is 1.80. The van der Waals surface area contributed by atoms with E-state index in [2.05, 4.69) is 6.58 Å². The summed E-state index contributed by atoms with van der Waals surface area (Å²) in [6.45, 7) is 3.78. The average Bonchev–Trinajstić information content (AvgIpc) is 2.17. The lowest BCUT2D eigenvalue weighted by Crippen LogP contribution is -1.87. The van der Waals surface area contributed by atoms with Gasteiger partial charge in [0.25, 0.3) is 0 Å². The van der Waals surface area contributed by atoms with Crippen LogP contribution in [0.5, 0.6) is 0 Å². The summed E-state index contributed by atoms with van der Waals surface area (Å²) in [7, 11) is 1.59. The van der Waals surface area contributed by atoms with E-state index in [-0.39, 0.29) is 6.61 Å². The number of hydrogen-bond donors (Lipinski definition) is 1. The molecule has 2 nitrogen and oxygen atoms in total. The molecule has 12 heavy (non-hydrogen) atoms. The van der Waals surface area contributed by atoms with E-state index in [0.717, 1.165) is 11.1 Å². The van der Waals surface area contributed by atoms with Crippen molar-refractivity contribution in [1.29, 1.82) is 0 Å². The Labute approximate surface area is 72.1 Å². The summed E-state index contributed by atoms with van der Waals surface area (Å²) >= 11 is 0. The largest absolute Gasteiger partial charge is 0.497 e. The van der Waals surface area contributed by atoms with Gasteiger partial charge in [-0.1, -0.05) is 30.8 Å². The van der Waals surface area contributed by atoms with Crippen molar-refractivity contribution in [3.63, 3.8) is 0 Å². The normalized spacial score (nSPS) is 9.50. The van der Waals surface area contributed by atoms with Gasteiger partial charge in [0.15, 0.2) is 0 Å². The fourth-order valence-corrected chi connectivity index (χ4v) is 0.914. The van der Waals surface area contributed by atoms with E-state index in [4.69, 9.17) is 9.84 Å². The van der Waals surface area contributed by atoms with Gasteiger partial charge in [0, 0.05) is 5.56 Å². The molecular weight excluding hydrogens is 152 g/mol. The highest BCUT2D eigenvalue weighted by Crippen LogP contribution is 2.13. The van der Waals surface area contributed by atoms with Crippen molar-refractivity contribution in [3.05, 3.63) is 42.0 Å². The summed E-state index contributed by atoms with van der Waals surface area (Å²) in [4.78, 5) is 0. The summed E-state index contributed by atoms with van der Waals surface area (Å²) in [5, 5.41) is 8.77. The second kappa shape index (κ2) is 3.93. The Morgan fingerprint density at radius 1 is 1.42 bits per heavy atom. The van der Waals surface area contributed by atoms with Gasteiger partial charge < -0.3 is 9.84 Å². The Kier molecular flexibility index (Phi) is 2.88. The lowest BCUT2D eigenvalue weighted by atomic mass is 10.1. The first-order valence-electron chi connectivity index (χ1n) is 3.71. The SMILES string of the molecule is C=C(OC)c1ccc(CO)cc1. The highest BCUT2D eigenvalue weighted by molar-refractivity contribution is 5.57. The molecule has 0 fully saturated rings. The molecule has 64 valence electrons. The second-order valence-electron chi connectivity index (χ2n) is 2.48. The van der Waals surface area contributed by atoms with Gasteiger partial charge in [-0.05, 0) is 5.56 Å². The van der Waals surface area contributed by atoms with Crippen molar-refractivity contribution in [2.45, 2.75) is 6.61 Å². The Hall–Kier alpha value is -1.28. The molecule has 0 atom stereocenters. The summed E-state index contributed by atoms with van der Waals surface area (Å²) in [5.74, 6) is 0.638. The summed E-state index contributed by atoms with van der Waals surface area (Å²) in [6.07, 6.45) is 0. The van der Waals surface area contributed by atoms with Crippen LogP contribution in [0.2, 0.25) is 0 Å². The van der Waals surface area contributed by atoms with Gasteiger partial charge in [0.2, 0.25) is 0 Å². The van der Waals surface area contributed by atoms with Crippen LogP contribution in [0.15, 0.2) is 30.8 Å². The van der Waals surface area contributed by atoms with Crippen LogP contribution >= 0.6 is 0 Å². The fourth-order valence-electron chi connectivity index (χ4n) is 0.914. The molecule has 0 unspecified atom stereocenters. The van der Waals surface area contributed by atoms with E-state index in [1.807, 2.05) is 24.3 Å². The third-order valence-corrected chi connectivity index (χ3v) is 1.70. The Bertz CT molecular complexity index is 262. The molecule has 1 aromatic rings. The van der Waals surface area contributed by atoms with E-state index >= 15 is 0 Å². The first-order chi connectivity index (χ1) is 5.77. The molecule has 0 radical (unpaired) electrons. The van der Waals surface area contributed by atoms with Gasteiger partial charge in [0.1, 0.15) is 5.76 Å². The summed E-state index contributed by atoms with van der Waals surface area (Å²) in [5.41, 5.74) is 1.83. The molecule has 1 rings (SSSR count). The van der Waals surface area contributed by atoms with E-state index in [1.54, 1.807) is 7.11 Å². The van der Waals surface area contributed by atoms with E-state index in [1.165, 1.54) is 0 Å². The molecule has 2 heteroatoms. The molecule has 0 aliphatic carbocycles. The average molecular weight is 164 g/mol. The summed E-state index contributed by atoms with van der Waals surface area (Å²) in [6, 6.07) is 7.44. The molecule has 1 N–H and O–H groups in total. The van der Waals surface area contributed by atoms with Crippen molar-refractivity contribution in [1.82, 2.24) is 0 Å². The standard InChI is InChI=1S/C10H12O2/c1-8(12-2)10-5-3-9(7-11)4-6-10/h3-6,11H,1,7H2,2H3. The van der Waals surface area contributed by atoms with Crippen LogP contribution in [-0.2, 0) is 11.3 Å². The zero-order valence-electron chi connectivity index (χ0n) is 7.08. The highest BCUT2D eigenvalue weighted by Gasteiger charge is 1.96. The van der Waals surface area contributed by atoms with Gasteiger partial charge in [-0.25, -0.2) is 0 Å². The third kappa shape index (κ3) is 1.86. The molecule has 0 aliphatic heterocycles. The van der Waals surface area contributed by atoms with Crippen LogP contribution in [0.3, 0.4) is 0 Å². The molecule has 0 saturated heterocycles. The minimum Gasteiger partial charge on any atom is -0.497 e. The van der Waals surface area contributed by atoms with Crippen LogP contribution < -0.4 is 0 Å². The first-order valence-corrected chi connectivity index (χ1v) is 3.71. The van der Waals surface area contributed by atoms with Crippen LogP contribution in [0.1, 0.15) is 11.1 Å². The van der Waals surface area contributed by atoms with Crippen molar-refractivity contribution in [2.75, 3.05) is 7.11 Å². The zero-order valence-corrected chi connectivity index (χ0v) is 7.08. The van der Waals surface area contributed by atoms with Gasteiger partial charge in [-0.2, -0.15) is 0 Å². The number of rotatable bonds is 3. The maximum Gasteiger partial charge on any atom is 0.118 e. The molecule has 0 spiro atoms. The smallest absolute Gasteiger partial charge is 0.118 e. The number of ether oxygens (including phenoxy) is 1. The molecule has 0 aliphatic rings. The Morgan fingerprint density at radius 3 is 2.42 bits per heavy atom. The highest BCUT2D eigenvalue weighted by atomic mass is 16.5. The lowest BCUT2D eigenvalue weighted by Gasteiger charge is -2.04. The maximum absolute atomic E-state index is 8.77. The minimum atomic E-state index is 0.0692. The van der Waals surface area contributed by atoms with Crippen molar-refractivity contribution in [2.24, 2.45) is 0 Å². The molecule has 0 saturated carbocycles. The monoisotopic (exact) mass is 164 g/mol. The van der Waals surface area contributed by atoms with E-state index in [0.29, 0.717) is 5.76 Å². The lowest BCUT2D eigenvalue weighted by molar-refractivity contribution is 0.282. The Morgan fingerprint density at radius 2 is 2.00 bits per heavy atom. The van der Waals surface area contributed by atoms with Crippen molar-refractivity contribution >= 4 is 5.76 Å². The first kappa shape index (κ1) is 8.81. The van der Waals surface area contributed by atoms with E-state index in [9.17, 15) is 0 Å². The number of aliphatic hydroxyl groups is 1. The molecule has 0 aromatic heterocycles. The van der Waals surface area contributed by atoms with Crippen LogP contribution in [0.4, 0.5) is 0 Å². The molecule has 0 heterocycles. The molecule has 0 amide bonds. The minimum absolute atomic E-state index is 0.0692. The molecular formula is C10H12O2.